The average molecular weight is 533 g/mol. The number of carbonyl (C=O) groups is 1. The van der Waals surface area contributed by atoms with Crippen LogP contribution in [0.5, 0.6) is 0 Å². The zero-order chi connectivity index (χ0) is 21.0. The van der Waals surface area contributed by atoms with Gasteiger partial charge in [0.05, 0.1) is 12.6 Å². The molecule has 1 aromatic rings. The number of ether oxygens (including phenoxy) is 1. The lowest BCUT2D eigenvalue weighted by Crippen LogP contribution is -2.53. The van der Waals surface area contributed by atoms with Crippen LogP contribution in [0.25, 0.3) is 0 Å². The van der Waals surface area contributed by atoms with Gasteiger partial charge in [0.2, 0.25) is 0 Å². The molecule has 30 heavy (non-hydrogen) atoms. The van der Waals surface area contributed by atoms with Crippen molar-refractivity contribution in [1.82, 2.24) is 14.7 Å². The standard InChI is InChI=1S/C21H35N5O3.HI/c1-16-7-8-18(28-16)17(24-9-5-6-10-24)15-23-19(22)25-11-13-26(14-12-25)20(27)29-21(2,3)4;/h7-8,17H,5-6,9-15H2,1-4H3,(H2,22,23);1H. The van der Waals surface area contributed by atoms with Crippen molar-refractivity contribution < 1.29 is 13.9 Å². The molecule has 3 heterocycles. The molecule has 170 valence electrons. The molecule has 0 aromatic carbocycles. The lowest BCUT2D eigenvalue weighted by molar-refractivity contribution is 0.0186. The molecule has 0 spiro atoms. The van der Waals surface area contributed by atoms with Crippen LogP contribution in [0.15, 0.2) is 21.5 Å². The maximum Gasteiger partial charge on any atom is 0.410 e. The monoisotopic (exact) mass is 533 g/mol. The topological polar surface area (TPSA) is 87.5 Å². The molecule has 8 nitrogen and oxygen atoms in total. The SMILES string of the molecule is Cc1ccc(C(CN=C(N)N2CCN(C(=O)OC(C)(C)C)CC2)N2CCCC2)o1.I. The molecule has 2 aliphatic heterocycles. The minimum atomic E-state index is -0.483. The Morgan fingerprint density at radius 3 is 2.27 bits per heavy atom. The number of rotatable bonds is 4. The minimum absolute atomic E-state index is 0. The Bertz CT molecular complexity index is 716. The molecule has 2 saturated heterocycles. The number of hydrogen-bond donors (Lipinski definition) is 1. The summed E-state index contributed by atoms with van der Waals surface area (Å²) in [6.45, 7) is 12.8. The average Bonchev–Trinajstić information content (AvgIpc) is 3.33. The van der Waals surface area contributed by atoms with Crippen molar-refractivity contribution in [3.8, 4) is 0 Å². The zero-order valence-electron chi connectivity index (χ0n) is 18.6. The van der Waals surface area contributed by atoms with Gasteiger partial charge in [-0.15, -0.1) is 24.0 Å². The third kappa shape index (κ3) is 6.76. The van der Waals surface area contributed by atoms with Crippen molar-refractivity contribution in [1.29, 1.82) is 0 Å². The van der Waals surface area contributed by atoms with Gasteiger partial charge < -0.3 is 24.7 Å². The number of piperazine rings is 1. The van der Waals surface area contributed by atoms with E-state index in [1.165, 1.54) is 12.8 Å². The van der Waals surface area contributed by atoms with E-state index in [2.05, 4.69) is 4.90 Å². The first-order valence-electron chi connectivity index (χ1n) is 10.6. The van der Waals surface area contributed by atoms with Crippen LogP contribution in [0, 0.1) is 6.92 Å². The van der Waals surface area contributed by atoms with Gasteiger partial charge in [0, 0.05) is 26.2 Å². The van der Waals surface area contributed by atoms with E-state index in [0.29, 0.717) is 38.7 Å². The van der Waals surface area contributed by atoms with Crippen LogP contribution >= 0.6 is 24.0 Å². The number of carbonyl (C=O) groups excluding carboxylic acids is 1. The van der Waals surface area contributed by atoms with Crippen LogP contribution < -0.4 is 5.73 Å². The molecule has 0 bridgehead atoms. The summed E-state index contributed by atoms with van der Waals surface area (Å²) in [6.07, 6.45) is 2.15. The van der Waals surface area contributed by atoms with E-state index >= 15 is 0 Å². The van der Waals surface area contributed by atoms with E-state index < -0.39 is 5.60 Å². The Labute approximate surface area is 196 Å². The van der Waals surface area contributed by atoms with Crippen LogP contribution in [0.3, 0.4) is 0 Å². The summed E-state index contributed by atoms with van der Waals surface area (Å²) in [5.41, 5.74) is 5.81. The van der Waals surface area contributed by atoms with Crippen LogP contribution in [0.1, 0.15) is 51.2 Å². The molecule has 0 aliphatic carbocycles. The molecule has 0 radical (unpaired) electrons. The van der Waals surface area contributed by atoms with Gasteiger partial charge in [-0.3, -0.25) is 9.89 Å². The maximum absolute atomic E-state index is 12.2. The van der Waals surface area contributed by atoms with Crippen LogP contribution in [-0.4, -0.2) is 78.2 Å². The number of aryl methyl sites for hydroxylation is 1. The molecule has 0 saturated carbocycles. The summed E-state index contributed by atoms with van der Waals surface area (Å²) in [5, 5.41) is 0. The molecule has 1 amide bonds. The Kier molecular flexibility index (Phi) is 8.84. The highest BCUT2D eigenvalue weighted by Gasteiger charge is 2.28. The van der Waals surface area contributed by atoms with Crippen LogP contribution in [0.4, 0.5) is 4.79 Å². The fourth-order valence-corrected chi connectivity index (χ4v) is 3.80. The van der Waals surface area contributed by atoms with E-state index in [1.807, 2.05) is 44.7 Å². The highest BCUT2D eigenvalue weighted by atomic mass is 127. The number of hydrogen-bond acceptors (Lipinski definition) is 5. The number of guanidine groups is 1. The minimum Gasteiger partial charge on any atom is -0.465 e. The Morgan fingerprint density at radius 1 is 1.13 bits per heavy atom. The van der Waals surface area contributed by atoms with Gasteiger partial charge >= 0.3 is 6.09 Å². The molecular weight excluding hydrogens is 497 g/mol. The molecule has 3 rings (SSSR count). The number of nitrogens with zero attached hydrogens (tertiary/aromatic N) is 4. The summed E-state index contributed by atoms with van der Waals surface area (Å²) in [7, 11) is 0. The van der Waals surface area contributed by atoms with Gasteiger partial charge in [-0.1, -0.05) is 0 Å². The van der Waals surface area contributed by atoms with E-state index in [4.69, 9.17) is 19.9 Å². The van der Waals surface area contributed by atoms with Crippen molar-refractivity contribution in [3.05, 3.63) is 23.7 Å². The van der Waals surface area contributed by atoms with Crippen molar-refractivity contribution in [2.24, 2.45) is 10.7 Å². The molecule has 1 atom stereocenters. The van der Waals surface area contributed by atoms with Gasteiger partial charge in [-0.05, 0) is 65.8 Å². The van der Waals surface area contributed by atoms with E-state index in [9.17, 15) is 4.79 Å². The molecule has 2 fully saturated rings. The number of furan rings is 1. The molecule has 2 aliphatic rings. The van der Waals surface area contributed by atoms with Gasteiger partial charge in [-0.25, -0.2) is 4.79 Å². The van der Waals surface area contributed by atoms with Gasteiger partial charge in [0.25, 0.3) is 0 Å². The Balaban J connectivity index is 0.00000320. The fourth-order valence-electron chi connectivity index (χ4n) is 3.80. The predicted octanol–water partition coefficient (Wildman–Crippen LogP) is 3.21. The number of nitrogens with two attached hydrogens (primary N) is 1. The van der Waals surface area contributed by atoms with Gasteiger partial charge in [0.15, 0.2) is 5.96 Å². The molecule has 1 aromatic heterocycles. The van der Waals surface area contributed by atoms with E-state index in [-0.39, 0.29) is 36.1 Å². The summed E-state index contributed by atoms with van der Waals surface area (Å²) in [4.78, 5) is 23.1. The maximum atomic E-state index is 12.2. The highest BCUT2D eigenvalue weighted by molar-refractivity contribution is 14.0. The zero-order valence-corrected chi connectivity index (χ0v) is 20.9. The second kappa shape index (κ2) is 10.7. The Morgan fingerprint density at radius 2 is 1.73 bits per heavy atom. The number of likely N-dealkylation sites (tertiary alicyclic amines) is 1. The molecule has 2 N–H and O–H groups in total. The normalized spacial score (nSPS) is 19.5. The lowest BCUT2D eigenvalue weighted by atomic mass is 10.2. The third-order valence-corrected chi connectivity index (χ3v) is 5.35. The molecular formula is C21H36IN5O3. The first-order chi connectivity index (χ1) is 13.7. The number of amides is 1. The summed E-state index contributed by atoms with van der Waals surface area (Å²) in [5.74, 6) is 2.40. The molecule has 1 unspecified atom stereocenters. The smallest absolute Gasteiger partial charge is 0.410 e. The summed E-state index contributed by atoms with van der Waals surface area (Å²) >= 11 is 0. The van der Waals surface area contributed by atoms with E-state index in [0.717, 1.165) is 24.6 Å². The number of halogens is 1. The third-order valence-electron chi connectivity index (χ3n) is 5.35. The van der Waals surface area contributed by atoms with Crippen LogP contribution in [0.2, 0.25) is 0 Å². The van der Waals surface area contributed by atoms with Gasteiger partial charge in [-0.2, -0.15) is 0 Å². The second-order valence-corrected chi connectivity index (χ2v) is 8.86. The van der Waals surface area contributed by atoms with E-state index in [1.54, 1.807) is 4.90 Å². The lowest BCUT2D eigenvalue weighted by Gasteiger charge is -2.36. The summed E-state index contributed by atoms with van der Waals surface area (Å²) in [6, 6.07) is 4.16. The summed E-state index contributed by atoms with van der Waals surface area (Å²) < 4.78 is 11.3. The quantitative estimate of drug-likeness (QED) is 0.364. The Hall–Kier alpha value is -1.49. The van der Waals surface area contributed by atoms with Crippen molar-refractivity contribution in [2.75, 3.05) is 45.8 Å². The first-order valence-corrected chi connectivity index (χ1v) is 10.6. The second-order valence-electron chi connectivity index (χ2n) is 8.86. The molecule has 9 heteroatoms. The van der Waals surface area contributed by atoms with Crippen LogP contribution in [-0.2, 0) is 4.74 Å². The van der Waals surface area contributed by atoms with Crippen molar-refractivity contribution in [2.45, 2.75) is 52.2 Å². The largest absolute Gasteiger partial charge is 0.465 e. The number of aliphatic imine (C=N–C) groups is 1. The van der Waals surface area contributed by atoms with Crippen molar-refractivity contribution >= 4 is 36.0 Å². The predicted molar refractivity (Wildman–Crippen MR) is 128 cm³/mol. The van der Waals surface area contributed by atoms with Crippen molar-refractivity contribution in [3.63, 3.8) is 0 Å². The highest BCUT2D eigenvalue weighted by Crippen LogP contribution is 2.27. The first kappa shape index (κ1) is 24.8. The fraction of sp³-hybridized carbons (Fsp3) is 0.714. The van der Waals surface area contributed by atoms with Gasteiger partial charge in [0.1, 0.15) is 17.1 Å².